The zero-order chi connectivity index (χ0) is 14.8. The molecule has 5 nitrogen and oxygen atoms in total. The molecule has 0 fully saturated rings. The SMILES string of the molecule is COc1ccc(-c2nc(Cn3nc(C)cc3C)co2)cc1. The van der Waals surface area contributed by atoms with Gasteiger partial charge in [-0.25, -0.2) is 4.98 Å². The number of rotatable bonds is 4. The van der Waals surface area contributed by atoms with Crippen molar-refractivity contribution < 1.29 is 9.15 Å². The lowest BCUT2D eigenvalue weighted by molar-refractivity contribution is 0.415. The molecule has 0 unspecified atom stereocenters. The van der Waals surface area contributed by atoms with Crippen LogP contribution >= 0.6 is 0 Å². The smallest absolute Gasteiger partial charge is 0.226 e. The maximum Gasteiger partial charge on any atom is 0.226 e. The minimum Gasteiger partial charge on any atom is -0.497 e. The van der Waals surface area contributed by atoms with Gasteiger partial charge in [0.25, 0.3) is 0 Å². The van der Waals surface area contributed by atoms with Gasteiger partial charge in [0, 0.05) is 11.3 Å². The van der Waals surface area contributed by atoms with E-state index in [0.29, 0.717) is 12.4 Å². The molecule has 2 heterocycles. The van der Waals surface area contributed by atoms with E-state index in [1.165, 1.54) is 0 Å². The van der Waals surface area contributed by atoms with Crippen LogP contribution in [0.4, 0.5) is 0 Å². The molecule has 5 heteroatoms. The molecule has 3 rings (SSSR count). The maximum atomic E-state index is 5.55. The van der Waals surface area contributed by atoms with E-state index in [0.717, 1.165) is 28.4 Å². The Labute approximate surface area is 123 Å². The van der Waals surface area contributed by atoms with E-state index in [1.54, 1.807) is 13.4 Å². The number of ether oxygens (including phenoxy) is 1. The van der Waals surface area contributed by atoms with Gasteiger partial charge in [0.15, 0.2) is 0 Å². The highest BCUT2D eigenvalue weighted by atomic mass is 16.5. The van der Waals surface area contributed by atoms with Crippen molar-refractivity contribution in [3.8, 4) is 17.2 Å². The molecule has 108 valence electrons. The minimum absolute atomic E-state index is 0.606. The minimum atomic E-state index is 0.606. The summed E-state index contributed by atoms with van der Waals surface area (Å²) in [6.07, 6.45) is 1.68. The van der Waals surface area contributed by atoms with Crippen LogP contribution in [0.2, 0.25) is 0 Å². The van der Waals surface area contributed by atoms with Crippen LogP contribution in [-0.2, 0) is 6.54 Å². The number of hydrogen-bond donors (Lipinski definition) is 0. The Hall–Kier alpha value is -2.56. The topological polar surface area (TPSA) is 53.1 Å². The van der Waals surface area contributed by atoms with Gasteiger partial charge in [-0.05, 0) is 44.2 Å². The number of aryl methyl sites for hydroxylation is 2. The van der Waals surface area contributed by atoms with Gasteiger partial charge in [-0.1, -0.05) is 0 Å². The van der Waals surface area contributed by atoms with Gasteiger partial charge < -0.3 is 9.15 Å². The Kier molecular flexibility index (Phi) is 3.48. The van der Waals surface area contributed by atoms with Gasteiger partial charge in [-0.3, -0.25) is 4.68 Å². The van der Waals surface area contributed by atoms with E-state index in [4.69, 9.17) is 9.15 Å². The van der Waals surface area contributed by atoms with Crippen LogP contribution < -0.4 is 4.74 Å². The Morgan fingerprint density at radius 2 is 1.95 bits per heavy atom. The van der Waals surface area contributed by atoms with Gasteiger partial charge in [-0.15, -0.1) is 0 Å². The van der Waals surface area contributed by atoms with E-state index >= 15 is 0 Å². The Morgan fingerprint density at radius 1 is 1.19 bits per heavy atom. The first-order valence-electron chi connectivity index (χ1n) is 6.75. The number of methoxy groups -OCH3 is 1. The summed E-state index contributed by atoms with van der Waals surface area (Å²) in [5.41, 5.74) is 3.90. The Balaban J connectivity index is 1.80. The van der Waals surface area contributed by atoms with Crippen LogP contribution in [-0.4, -0.2) is 21.9 Å². The van der Waals surface area contributed by atoms with Crippen molar-refractivity contribution in [2.45, 2.75) is 20.4 Å². The monoisotopic (exact) mass is 283 g/mol. The second-order valence-corrected chi connectivity index (χ2v) is 4.96. The lowest BCUT2D eigenvalue weighted by Crippen LogP contribution is -2.04. The summed E-state index contributed by atoms with van der Waals surface area (Å²) in [6.45, 7) is 4.62. The van der Waals surface area contributed by atoms with Crippen LogP contribution in [0.1, 0.15) is 17.1 Å². The molecule has 0 spiro atoms. The van der Waals surface area contributed by atoms with Crippen LogP contribution in [0.3, 0.4) is 0 Å². The molecule has 3 aromatic rings. The highest BCUT2D eigenvalue weighted by molar-refractivity contribution is 5.54. The van der Waals surface area contributed by atoms with E-state index in [1.807, 2.05) is 48.9 Å². The molecule has 0 saturated carbocycles. The van der Waals surface area contributed by atoms with Crippen LogP contribution in [0.5, 0.6) is 5.75 Å². The third-order valence-corrected chi connectivity index (χ3v) is 3.30. The molecule has 0 N–H and O–H groups in total. The summed E-state index contributed by atoms with van der Waals surface area (Å²) in [5, 5.41) is 4.43. The summed E-state index contributed by atoms with van der Waals surface area (Å²) in [7, 11) is 1.65. The van der Waals surface area contributed by atoms with Crippen LogP contribution in [0.25, 0.3) is 11.5 Å². The summed E-state index contributed by atoms with van der Waals surface area (Å²) >= 11 is 0. The van der Waals surface area contributed by atoms with Gasteiger partial charge in [0.1, 0.15) is 17.7 Å². The molecule has 1 aromatic carbocycles. The van der Waals surface area contributed by atoms with E-state index < -0.39 is 0 Å². The zero-order valence-electron chi connectivity index (χ0n) is 12.3. The summed E-state index contributed by atoms with van der Waals surface area (Å²) in [6, 6.07) is 9.68. The lowest BCUT2D eigenvalue weighted by Gasteiger charge is -2.00. The molecule has 0 aliphatic carbocycles. The molecule has 0 atom stereocenters. The first-order chi connectivity index (χ1) is 10.2. The fourth-order valence-corrected chi connectivity index (χ4v) is 2.23. The highest BCUT2D eigenvalue weighted by Crippen LogP contribution is 2.22. The average molecular weight is 283 g/mol. The first kappa shape index (κ1) is 13.4. The van der Waals surface area contributed by atoms with Crippen molar-refractivity contribution in [3.63, 3.8) is 0 Å². The normalized spacial score (nSPS) is 10.8. The van der Waals surface area contributed by atoms with E-state index in [9.17, 15) is 0 Å². The second-order valence-electron chi connectivity index (χ2n) is 4.96. The highest BCUT2D eigenvalue weighted by Gasteiger charge is 2.09. The van der Waals surface area contributed by atoms with Crippen molar-refractivity contribution in [2.24, 2.45) is 0 Å². The fraction of sp³-hybridized carbons (Fsp3) is 0.250. The number of hydrogen-bond acceptors (Lipinski definition) is 4. The Morgan fingerprint density at radius 3 is 2.57 bits per heavy atom. The number of nitrogens with zero attached hydrogens (tertiary/aromatic N) is 3. The third kappa shape index (κ3) is 2.81. The van der Waals surface area contributed by atoms with Gasteiger partial charge in [-0.2, -0.15) is 5.10 Å². The van der Waals surface area contributed by atoms with Gasteiger partial charge in [0.05, 0.1) is 19.3 Å². The van der Waals surface area contributed by atoms with Crippen molar-refractivity contribution in [1.29, 1.82) is 0 Å². The zero-order valence-corrected chi connectivity index (χ0v) is 12.3. The van der Waals surface area contributed by atoms with Crippen molar-refractivity contribution in [3.05, 3.63) is 53.7 Å². The maximum absolute atomic E-state index is 5.55. The molecule has 0 amide bonds. The van der Waals surface area contributed by atoms with Crippen molar-refractivity contribution >= 4 is 0 Å². The lowest BCUT2D eigenvalue weighted by atomic mass is 10.2. The van der Waals surface area contributed by atoms with E-state index in [-0.39, 0.29) is 0 Å². The Bertz CT molecular complexity index is 741. The summed E-state index contributed by atoms with van der Waals surface area (Å²) in [4.78, 5) is 4.51. The van der Waals surface area contributed by atoms with Crippen molar-refractivity contribution in [1.82, 2.24) is 14.8 Å². The largest absolute Gasteiger partial charge is 0.497 e. The predicted molar refractivity (Wildman–Crippen MR) is 79.3 cm³/mol. The standard InChI is InChI=1S/C16H17N3O2/c1-11-8-12(2)19(18-11)9-14-10-21-16(17-14)13-4-6-15(20-3)7-5-13/h4-8,10H,9H2,1-3H3. The predicted octanol–water partition coefficient (Wildman–Crippen LogP) is 3.21. The number of oxazole rings is 1. The molecule has 0 radical (unpaired) electrons. The van der Waals surface area contributed by atoms with Crippen molar-refractivity contribution in [2.75, 3.05) is 7.11 Å². The molecule has 0 saturated heterocycles. The molecule has 2 aromatic heterocycles. The molecular weight excluding hydrogens is 266 g/mol. The van der Waals surface area contributed by atoms with Crippen LogP contribution in [0.15, 0.2) is 41.0 Å². The van der Waals surface area contributed by atoms with Gasteiger partial charge >= 0.3 is 0 Å². The number of benzene rings is 1. The third-order valence-electron chi connectivity index (χ3n) is 3.30. The first-order valence-corrected chi connectivity index (χ1v) is 6.75. The van der Waals surface area contributed by atoms with Gasteiger partial charge in [0.2, 0.25) is 5.89 Å². The molecule has 21 heavy (non-hydrogen) atoms. The molecule has 0 bridgehead atoms. The van der Waals surface area contributed by atoms with E-state index in [2.05, 4.69) is 10.1 Å². The average Bonchev–Trinajstić information content (AvgIpc) is 3.07. The van der Waals surface area contributed by atoms with Crippen LogP contribution in [0, 0.1) is 13.8 Å². The number of aromatic nitrogens is 3. The quantitative estimate of drug-likeness (QED) is 0.737. The molecule has 0 aliphatic rings. The summed E-state index contributed by atoms with van der Waals surface area (Å²) < 4.78 is 12.6. The summed E-state index contributed by atoms with van der Waals surface area (Å²) in [5.74, 6) is 1.42. The fourth-order valence-electron chi connectivity index (χ4n) is 2.23. The molecular formula is C16H17N3O2. The molecule has 0 aliphatic heterocycles. The second kappa shape index (κ2) is 5.44.